The summed E-state index contributed by atoms with van der Waals surface area (Å²) in [5.74, 6) is 0. The van der Waals surface area contributed by atoms with Crippen LogP contribution in [0.1, 0.15) is 38.2 Å². The molecule has 2 heterocycles. The van der Waals surface area contributed by atoms with Crippen LogP contribution in [0, 0.1) is 0 Å². The van der Waals surface area contributed by atoms with E-state index in [-0.39, 0.29) is 0 Å². The Morgan fingerprint density at radius 1 is 1.14 bits per heavy atom. The van der Waals surface area contributed by atoms with Gasteiger partial charge >= 0.3 is 0 Å². The quantitative estimate of drug-likeness (QED) is 0.905. The van der Waals surface area contributed by atoms with Gasteiger partial charge in [-0.2, -0.15) is 0 Å². The zero-order chi connectivity index (χ0) is 15.4. The highest BCUT2D eigenvalue weighted by molar-refractivity contribution is 5.17. The Kier molecular flexibility index (Phi) is 5.17. The van der Waals surface area contributed by atoms with Gasteiger partial charge in [0, 0.05) is 32.1 Å². The summed E-state index contributed by atoms with van der Waals surface area (Å²) in [6, 6.07) is 11.2. The van der Waals surface area contributed by atoms with Crippen LogP contribution in [-0.4, -0.2) is 59.3 Å². The van der Waals surface area contributed by atoms with Gasteiger partial charge in [0.2, 0.25) is 0 Å². The highest BCUT2D eigenvalue weighted by Gasteiger charge is 2.34. The molecular formula is C19H30N2O. The van der Waals surface area contributed by atoms with Crippen molar-refractivity contribution < 1.29 is 5.11 Å². The number of aliphatic hydroxyl groups is 1. The third-order valence-corrected chi connectivity index (χ3v) is 5.54. The van der Waals surface area contributed by atoms with Gasteiger partial charge in [-0.1, -0.05) is 37.3 Å². The lowest BCUT2D eigenvalue weighted by Crippen LogP contribution is -2.49. The van der Waals surface area contributed by atoms with Gasteiger partial charge in [0.25, 0.3) is 0 Å². The Morgan fingerprint density at radius 3 is 2.55 bits per heavy atom. The first-order chi connectivity index (χ1) is 10.7. The van der Waals surface area contributed by atoms with Gasteiger partial charge in [-0.15, -0.1) is 0 Å². The van der Waals surface area contributed by atoms with Gasteiger partial charge < -0.3 is 10.0 Å². The van der Waals surface area contributed by atoms with Crippen molar-refractivity contribution >= 4 is 0 Å². The molecule has 0 saturated carbocycles. The molecule has 0 aromatic heterocycles. The summed E-state index contributed by atoms with van der Waals surface area (Å²) in [5, 5.41) is 10.9. The van der Waals surface area contributed by atoms with E-state index in [0.29, 0.717) is 0 Å². The highest BCUT2D eigenvalue weighted by Crippen LogP contribution is 2.27. The van der Waals surface area contributed by atoms with Crippen molar-refractivity contribution in [1.29, 1.82) is 0 Å². The molecule has 2 fully saturated rings. The van der Waals surface area contributed by atoms with Gasteiger partial charge in [0.15, 0.2) is 0 Å². The Morgan fingerprint density at radius 2 is 1.86 bits per heavy atom. The maximum atomic E-state index is 10.9. The van der Waals surface area contributed by atoms with E-state index in [2.05, 4.69) is 41.0 Å². The van der Waals surface area contributed by atoms with Crippen LogP contribution in [0.15, 0.2) is 30.3 Å². The third kappa shape index (κ3) is 3.89. The summed E-state index contributed by atoms with van der Waals surface area (Å²) in [6.07, 6.45) is 5.30. The van der Waals surface area contributed by atoms with Crippen LogP contribution in [0.4, 0.5) is 0 Å². The van der Waals surface area contributed by atoms with Gasteiger partial charge in [-0.05, 0) is 44.3 Å². The molecule has 0 bridgehead atoms. The van der Waals surface area contributed by atoms with Crippen LogP contribution in [0.5, 0.6) is 0 Å². The summed E-state index contributed by atoms with van der Waals surface area (Å²) in [7, 11) is 0. The van der Waals surface area contributed by atoms with Crippen molar-refractivity contribution in [1.82, 2.24) is 9.80 Å². The third-order valence-electron chi connectivity index (χ3n) is 5.54. The summed E-state index contributed by atoms with van der Waals surface area (Å²) < 4.78 is 0. The Labute approximate surface area is 134 Å². The number of hydrogen-bond acceptors (Lipinski definition) is 3. The first-order valence-corrected chi connectivity index (χ1v) is 8.91. The molecule has 0 spiro atoms. The van der Waals surface area contributed by atoms with E-state index in [4.69, 9.17) is 0 Å². The van der Waals surface area contributed by atoms with Gasteiger partial charge in [0.05, 0.1) is 5.60 Å². The summed E-state index contributed by atoms with van der Waals surface area (Å²) in [4.78, 5) is 5.18. The number of rotatable bonds is 5. The minimum absolute atomic E-state index is 0.502. The molecule has 2 aliphatic heterocycles. The van der Waals surface area contributed by atoms with Gasteiger partial charge in [-0.3, -0.25) is 4.90 Å². The molecule has 3 heteroatoms. The van der Waals surface area contributed by atoms with E-state index in [0.717, 1.165) is 38.4 Å². The second-order valence-corrected chi connectivity index (χ2v) is 7.11. The normalized spacial score (nSPS) is 26.4. The van der Waals surface area contributed by atoms with E-state index >= 15 is 0 Å². The number of hydrogen-bond donors (Lipinski definition) is 1. The highest BCUT2D eigenvalue weighted by atomic mass is 16.3. The molecule has 0 radical (unpaired) electrons. The molecular weight excluding hydrogens is 272 g/mol. The fourth-order valence-corrected chi connectivity index (χ4v) is 4.12. The fraction of sp³-hybridized carbons (Fsp3) is 0.684. The number of likely N-dealkylation sites (tertiary alicyclic amines) is 2. The lowest BCUT2D eigenvalue weighted by molar-refractivity contribution is -0.0245. The van der Waals surface area contributed by atoms with Crippen LogP contribution in [-0.2, 0) is 6.42 Å². The number of piperidine rings is 1. The van der Waals surface area contributed by atoms with E-state index in [1.54, 1.807) is 0 Å². The van der Waals surface area contributed by atoms with Crippen molar-refractivity contribution in [3.63, 3.8) is 0 Å². The number of benzene rings is 1. The predicted molar refractivity (Wildman–Crippen MR) is 91.0 cm³/mol. The fourth-order valence-electron chi connectivity index (χ4n) is 4.12. The zero-order valence-corrected chi connectivity index (χ0v) is 13.9. The zero-order valence-electron chi connectivity index (χ0n) is 13.9. The first-order valence-electron chi connectivity index (χ1n) is 8.91. The molecule has 1 unspecified atom stereocenters. The minimum atomic E-state index is -0.502. The van der Waals surface area contributed by atoms with Crippen molar-refractivity contribution in [2.24, 2.45) is 0 Å². The molecule has 22 heavy (non-hydrogen) atoms. The minimum Gasteiger partial charge on any atom is -0.389 e. The molecule has 3 rings (SSSR count). The first kappa shape index (κ1) is 16.0. The maximum Gasteiger partial charge on any atom is 0.0712 e. The second kappa shape index (κ2) is 7.12. The van der Waals surface area contributed by atoms with E-state index in [9.17, 15) is 5.11 Å². The molecule has 2 aliphatic rings. The van der Waals surface area contributed by atoms with Crippen LogP contribution >= 0.6 is 0 Å². The molecule has 2 saturated heterocycles. The molecule has 1 aromatic carbocycles. The monoisotopic (exact) mass is 302 g/mol. The molecule has 1 N–H and O–H groups in total. The Balaban J connectivity index is 1.49. The SMILES string of the molecule is CCN1CCCC1CN1CCC(O)(Cc2ccccc2)CC1. The van der Waals surface area contributed by atoms with Crippen LogP contribution in [0.25, 0.3) is 0 Å². The molecule has 0 aliphatic carbocycles. The van der Waals surface area contributed by atoms with E-state index < -0.39 is 5.60 Å². The maximum absolute atomic E-state index is 10.9. The van der Waals surface area contributed by atoms with E-state index in [1.165, 1.54) is 38.0 Å². The molecule has 3 nitrogen and oxygen atoms in total. The summed E-state index contributed by atoms with van der Waals surface area (Å²) >= 11 is 0. The lowest BCUT2D eigenvalue weighted by Gasteiger charge is -2.40. The summed E-state index contributed by atoms with van der Waals surface area (Å²) in [6.45, 7) is 7.99. The smallest absolute Gasteiger partial charge is 0.0712 e. The predicted octanol–water partition coefficient (Wildman–Crippen LogP) is 2.54. The Hall–Kier alpha value is -0.900. The Bertz CT molecular complexity index is 454. The van der Waals surface area contributed by atoms with Crippen molar-refractivity contribution in [3.8, 4) is 0 Å². The molecule has 0 amide bonds. The van der Waals surface area contributed by atoms with E-state index in [1.807, 2.05) is 6.07 Å². The van der Waals surface area contributed by atoms with Crippen LogP contribution in [0.3, 0.4) is 0 Å². The lowest BCUT2D eigenvalue weighted by atomic mass is 9.85. The van der Waals surface area contributed by atoms with Crippen LogP contribution in [0.2, 0.25) is 0 Å². The average Bonchev–Trinajstić information content (AvgIpc) is 2.98. The van der Waals surface area contributed by atoms with Crippen LogP contribution < -0.4 is 0 Å². The van der Waals surface area contributed by atoms with Gasteiger partial charge in [-0.25, -0.2) is 0 Å². The molecule has 122 valence electrons. The largest absolute Gasteiger partial charge is 0.389 e. The second-order valence-electron chi connectivity index (χ2n) is 7.11. The standard InChI is InChI=1S/C19H30N2O/c1-2-21-12-6-9-18(21)16-20-13-10-19(22,11-14-20)15-17-7-4-3-5-8-17/h3-5,7-8,18,22H,2,6,9-16H2,1H3. The number of nitrogens with zero attached hydrogens (tertiary/aromatic N) is 2. The average molecular weight is 302 g/mol. The van der Waals surface area contributed by atoms with Crippen molar-refractivity contribution in [3.05, 3.63) is 35.9 Å². The molecule has 1 atom stereocenters. The number of likely N-dealkylation sites (N-methyl/N-ethyl adjacent to an activating group) is 1. The topological polar surface area (TPSA) is 26.7 Å². The molecule has 1 aromatic rings. The summed E-state index contributed by atoms with van der Waals surface area (Å²) in [5.41, 5.74) is 0.754. The van der Waals surface area contributed by atoms with Gasteiger partial charge in [0.1, 0.15) is 0 Å². The van der Waals surface area contributed by atoms with Crippen molar-refractivity contribution in [2.75, 3.05) is 32.7 Å². The van der Waals surface area contributed by atoms with Crippen molar-refractivity contribution in [2.45, 2.75) is 50.7 Å².